The predicted molar refractivity (Wildman–Crippen MR) is 85.0 cm³/mol. The summed E-state index contributed by atoms with van der Waals surface area (Å²) in [5.41, 5.74) is 0.599. The minimum atomic E-state index is -0.527. The van der Waals surface area contributed by atoms with Crippen molar-refractivity contribution in [1.29, 1.82) is 0 Å². The van der Waals surface area contributed by atoms with Crippen molar-refractivity contribution in [3.8, 4) is 5.75 Å². The molecule has 0 aliphatic carbocycles. The van der Waals surface area contributed by atoms with Crippen LogP contribution in [0.1, 0.15) is 17.3 Å². The normalized spacial score (nSPS) is 11.9. The number of rotatable bonds is 4. The van der Waals surface area contributed by atoms with Crippen LogP contribution in [-0.4, -0.2) is 11.9 Å². The Kier molecular flexibility index (Phi) is 4.82. The molecule has 2 nitrogen and oxygen atoms in total. The molecule has 1 atom stereocenters. The quantitative estimate of drug-likeness (QED) is 0.567. The summed E-state index contributed by atoms with van der Waals surface area (Å²) in [7, 11) is 0. The summed E-state index contributed by atoms with van der Waals surface area (Å²) >= 11 is 8.02. The number of benzene rings is 2. The number of carbonyl (C=O) groups is 1. The van der Waals surface area contributed by atoms with Crippen molar-refractivity contribution in [2.45, 2.75) is 13.0 Å². The van der Waals surface area contributed by atoms with Gasteiger partial charge in [0.05, 0.1) is 0 Å². The molecular weight excluding hydrogens is 375 g/mol. The molecule has 0 amide bonds. The Morgan fingerprint density at radius 3 is 2.26 bits per heavy atom. The highest BCUT2D eigenvalue weighted by atomic mass is 127. The third-order valence-corrected chi connectivity index (χ3v) is 3.60. The topological polar surface area (TPSA) is 26.3 Å². The van der Waals surface area contributed by atoms with Crippen LogP contribution < -0.4 is 4.74 Å². The Morgan fingerprint density at radius 1 is 1.11 bits per heavy atom. The summed E-state index contributed by atoms with van der Waals surface area (Å²) in [6, 6.07) is 14.4. The predicted octanol–water partition coefficient (Wildman–Crippen LogP) is 4.59. The molecule has 0 saturated carbocycles. The number of halogens is 2. The van der Waals surface area contributed by atoms with Gasteiger partial charge in [-0.2, -0.15) is 0 Å². The SMILES string of the molecule is C[C@H](Oc1ccc(I)cc1)C(=O)c1ccc(Cl)cc1. The van der Waals surface area contributed by atoms with E-state index in [4.69, 9.17) is 16.3 Å². The lowest BCUT2D eigenvalue weighted by atomic mass is 10.1. The molecule has 0 fully saturated rings. The number of ether oxygens (including phenoxy) is 1. The van der Waals surface area contributed by atoms with Gasteiger partial charge in [-0.15, -0.1) is 0 Å². The van der Waals surface area contributed by atoms with Gasteiger partial charge in [-0.25, -0.2) is 0 Å². The third-order valence-electron chi connectivity index (χ3n) is 2.62. The maximum absolute atomic E-state index is 12.2. The number of ketones is 1. The standard InChI is InChI=1S/C15H12ClIO2/c1-10(19-14-8-6-13(17)7-9-14)15(18)11-2-4-12(16)5-3-11/h2-10H,1H3/t10-/m0/s1. The van der Waals surface area contributed by atoms with Crippen LogP contribution in [0.15, 0.2) is 48.5 Å². The molecule has 98 valence electrons. The van der Waals surface area contributed by atoms with Crippen LogP contribution in [0.2, 0.25) is 5.02 Å². The molecule has 0 aromatic heterocycles. The van der Waals surface area contributed by atoms with Crippen LogP contribution in [0.25, 0.3) is 0 Å². The summed E-state index contributed by atoms with van der Waals surface area (Å²) in [5, 5.41) is 0.614. The van der Waals surface area contributed by atoms with Crippen molar-refractivity contribution in [2.24, 2.45) is 0 Å². The zero-order valence-corrected chi connectivity index (χ0v) is 13.2. The van der Waals surface area contributed by atoms with Crippen LogP contribution in [0.3, 0.4) is 0 Å². The summed E-state index contributed by atoms with van der Waals surface area (Å²) in [6.45, 7) is 1.74. The van der Waals surface area contributed by atoms with E-state index in [9.17, 15) is 4.79 Å². The highest BCUT2D eigenvalue weighted by Gasteiger charge is 2.16. The van der Waals surface area contributed by atoms with Crippen molar-refractivity contribution < 1.29 is 9.53 Å². The number of carbonyl (C=O) groups excluding carboxylic acids is 1. The second kappa shape index (κ2) is 6.39. The average molecular weight is 387 g/mol. The van der Waals surface area contributed by atoms with E-state index in [0.717, 1.165) is 3.57 Å². The fourth-order valence-corrected chi connectivity index (χ4v) is 2.11. The molecule has 0 N–H and O–H groups in total. The Labute approximate surface area is 130 Å². The second-order valence-corrected chi connectivity index (χ2v) is 5.77. The molecule has 19 heavy (non-hydrogen) atoms. The van der Waals surface area contributed by atoms with Gasteiger partial charge in [0.2, 0.25) is 5.78 Å². The van der Waals surface area contributed by atoms with Gasteiger partial charge in [0, 0.05) is 14.2 Å². The van der Waals surface area contributed by atoms with E-state index < -0.39 is 6.10 Å². The summed E-state index contributed by atoms with van der Waals surface area (Å²) in [5.74, 6) is 0.630. The zero-order valence-electron chi connectivity index (χ0n) is 10.3. The van der Waals surface area contributed by atoms with Crippen molar-refractivity contribution in [3.05, 3.63) is 62.7 Å². The molecule has 0 unspecified atom stereocenters. The minimum Gasteiger partial charge on any atom is -0.483 e. The number of hydrogen-bond acceptors (Lipinski definition) is 2. The fourth-order valence-electron chi connectivity index (χ4n) is 1.62. The summed E-state index contributed by atoms with van der Waals surface area (Å²) in [6.07, 6.45) is -0.527. The third kappa shape index (κ3) is 3.94. The van der Waals surface area contributed by atoms with Gasteiger partial charge < -0.3 is 4.74 Å². The van der Waals surface area contributed by atoms with Gasteiger partial charge >= 0.3 is 0 Å². The van der Waals surface area contributed by atoms with Gasteiger partial charge in [-0.3, -0.25) is 4.79 Å². The van der Waals surface area contributed by atoms with E-state index in [2.05, 4.69) is 22.6 Å². The Morgan fingerprint density at radius 2 is 1.68 bits per heavy atom. The van der Waals surface area contributed by atoms with Gasteiger partial charge in [0.15, 0.2) is 6.10 Å². The molecule has 0 aliphatic rings. The van der Waals surface area contributed by atoms with E-state index in [1.54, 1.807) is 31.2 Å². The van der Waals surface area contributed by atoms with Crippen LogP contribution in [0.4, 0.5) is 0 Å². The van der Waals surface area contributed by atoms with E-state index in [1.807, 2.05) is 24.3 Å². The number of hydrogen-bond donors (Lipinski definition) is 0. The lowest BCUT2D eigenvalue weighted by molar-refractivity contribution is 0.0818. The van der Waals surface area contributed by atoms with Crippen molar-refractivity contribution in [2.75, 3.05) is 0 Å². The maximum atomic E-state index is 12.2. The first-order chi connectivity index (χ1) is 9.06. The first-order valence-electron chi connectivity index (χ1n) is 5.78. The largest absolute Gasteiger partial charge is 0.483 e. The minimum absolute atomic E-state index is 0.0600. The van der Waals surface area contributed by atoms with Crippen LogP contribution >= 0.6 is 34.2 Å². The monoisotopic (exact) mass is 386 g/mol. The highest BCUT2D eigenvalue weighted by Crippen LogP contribution is 2.17. The maximum Gasteiger partial charge on any atom is 0.202 e. The summed E-state index contributed by atoms with van der Waals surface area (Å²) in [4.78, 5) is 12.2. The highest BCUT2D eigenvalue weighted by molar-refractivity contribution is 14.1. The molecule has 4 heteroatoms. The van der Waals surface area contributed by atoms with Crippen molar-refractivity contribution in [1.82, 2.24) is 0 Å². The van der Waals surface area contributed by atoms with Crippen LogP contribution in [0, 0.1) is 3.57 Å². The first-order valence-corrected chi connectivity index (χ1v) is 7.24. The van der Waals surface area contributed by atoms with Gasteiger partial charge in [0.1, 0.15) is 5.75 Å². The van der Waals surface area contributed by atoms with Gasteiger partial charge in [-0.05, 0) is 78.0 Å². The lowest BCUT2D eigenvalue weighted by Gasteiger charge is -2.13. The molecule has 0 saturated heterocycles. The van der Waals surface area contributed by atoms with E-state index >= 15 is 0 Å². The van der Waals surface area contributed by atoms with Crippen molar-refractivity contribution >= 4 is 40.0 Å². The molecule has 0 spiro atoms. The molecule has 2 rings (SSSR count). The molecule has 0 bridgehead atoms. The molecule has 0 aliphatic heterocycles. The van der Waals surface area contributed by atoms with E-state index in [1.165, 1.54) is 0 Å². The Hall–Kier alpha value is -1.07. The van der Waals surface area contributed by atoms with Crippen LogP contribution in [-0.2, 0) is 0 Å². The molecule has 2 aromatic carbocycles. The summed E-state index contributed by atoms with van der Waals surface area (Å²) < 4.78 is 6.76. The molecule has 0 radical (unpaired) electrons. The Bertz CT molecular complexity index is 564. The zero-order chi connectivity index (χ0) is 13.8. The van der Waals surface area contributed by atoms with Gasteiger partial charge in [0.25, 0.3) is 0 Å². The average Bonchev–Trinajstić information content (AvgIpc) is 2.41. The van der Waals surface area contributed by atoms with Crippen molar-refractivity contribution in [3.63, 3.8) is 0 Å². The van der Waals surface area contributed by atoms with E-state index in [0.29, 0.717) is 16.3 Å². The number of Topliss-reactive ketones (excluding diaryl/α,β-unsaturated/α-hetero) is 1. The smallest absolute Gasteiger partial charge is 0.202 e. The van der Waals surface area contributed by atoms with Crippen LogP contribution in [0.5, 0.6) is 5.75 Å². The lowest BCUT2D eigenvalue weighted by Crippen LogP contribution is -2.23. The second-order valence-electron chi connectivity index (χ2n) is 4.09. The first kappa shape index (κ1) is 14.3. The van der Waals surface area contributed by atoms with E-state index in [-0.39, 0.29) is 5.78 Å². The van der Waals surface area contributed by atoms with Gasteiger partial charge in [-0.1, -0.05) is 11.6 Å². The Balaban J connectivity index is 2.07. The molecular formula is C15H12ClIO2. The molecule has 2 aromatic rings. The fraction of sp³-hybridized carbons (Fsp3) is 0.133. The molecule has 0 heterocycles.